The lowest BCUT2D eigenvalue weighted by Crippen LogP contribution is -2.15. The maximum absolute atomic E-state index is 5.52. The standard InChI is InChI=1S/C12H11NO3S/c17-7-9-6-11(16-13-9)8-1-2-10-12(5-8)15-4-3-14-10/h1-2,5-6,17H,3-4,7H2. The highest BCUT2D eigenvalue weighted by atomic mass is 32.1. The van der Waals surface area contributed by atoms with Crippen LogP contribution in [0.1, 0.15) is 5.69 Å². The summed E-state index contributed by atoms with van der Waals surface area (Å²) in [5.41, 5.74) is 1.74. The monoisotopic (exact) mass is 249 g/mol. The molecule has 1 aliphatic heterocycles. The maximum Gasteiger partial charge on any atom is 0.167 e. The van der Waals surface area contributed by atoms with Crippen LogP contribution in [0.4, 0.5) is 0 Å². The van der Waals surface area contributed by atoms with Gasteiger partial charge < -0.3 is 14.0 Å². The number of fused-ring (bicyclic) bond motifs is 1. The molecule has 1 aromatic heterocycles. The number of ether oxygens (including phenoxy) is 2. The van der Waals surface area contributed by atoms with Crippen molar-refractivity contribution in [2.24, 2.45) is 0 Å². The first-order valence-electron chi connectivity index (χ1n) is 5.33. The molecule has 1 aromatic carbocycles. The van der Waals surface area contributed by atoms with E-state index in [1.54, 1.807) is 0 Å². The van der Waals surface area contributed by atoms with Crippen LogP contribution in [0.25, 0.3) is 11.3 Å². The fraction of sp³-hybridized carbons (Fsp3) is 0.250. The van der Waals surface area contributed by atoms with Crippen LogP contribution in [0.5, 0.6) is 11.5 Å². The second-order valence-electron chi connectivity index (χ2n) is 3.70. The number of thiol groups is 1. The molecule has 17 heavy (non-hydrogen) atoms. The Morgan fingerprint density at radius 2 is 1.94 bits per heavy atom. The van der Waals surface area contributed by atoms with Crippen molar-refractivity contribution in [2.75, 3.05) is 13.2 Å². The first-order chi connectivity index (χ1) is 8.36. The summed E-state index contributed by atoms with van der Waals surface area (Å²) in [5.74, 6) is 2.80. The third kappa shape index (κ3) is 1.98. The molecule has 1 aliphatic rings. The average molecular weight is 249 g/mol. The number of aromatic nitrogens is 1. The normalized spacial score (nSPS) is 13.7. The molecule has 0 atom stereocenters. The quantitative estimate of drug-likeness (QED) is 0.831. The van der Waals surface area contributed by atoms with Gasteiger partial charge in [-0.3, -0.25) is 0 Å². The molecule has 0 saturated heterocycles. The predicted molar refractivity (Wildman–Crippen MR) is 65.6 cm³/mol. The number of rotatable bonds is 2. The van der Waals surface area contributed by atoms with E-state index in [4.69, 9.17) is 14.0 Å². The van der Waals surface area contributed by atoms with Crippen molar-refractivity contribution in [1.82, 2.24) is 5.16 Å². The van der Waals surface area contributed by atoms with Crippen molar-refractivity contribution < 1.29 is 14.0 Å². The topological polar surface area (TPSA) is 44.5 Å². The average Bonchev–Trinajstić information content (AvgIpc) is 2.87. The molecule has 0 N–H and O–H groups in total. The van der Waals surface area contributed by atoms with E-state index >= 15 is 0 Å². The third-order valence-electron chi connectivity index (χ3n) is 2.55. The predicted octanol–water partition coefficient (Wildman–Crippen LogP) is 2.54. The number of hydrogen-bond donors (Lipinski definition) is 1. The molecule has 3 rings (SSSR count). The fourth-order valence-electron chi connectivity index (χ4n) is 1.72. The van der Waals surface area contributed by atoms with Crippen LogP contribution >= 0.6 is 12.6 Å². The van der Waals surface area contributed by atoms with Crippen molar-refractivity contribution >= 4 is 12.6 Å². The number of nitrogens with zero attached hydrogens (tertiary/aromatic N) is 1. The molecule has 2 heterocycles. The van der Waals surface area contributed by atoms with Gasteiger partial charge >= 0.3 is 0 Å². The lowest BCUT2D eigenvalue weighted by Gasteiger charge is -2.18. The molecule has 0 saturated carbocycles. The highest BCUT2D eigenvalue weighted by Crippen LogP contribution is 2.34. The highest BCUT2D eigenvalue weighted by Gasteiger charge is 2.14. The van der Waals surface area contributed by atoms with Crippen LogP contribution in [-0.2, 0) is 5.75 Å². The number of hydrogen-bond acceptors (Lipinski definition) is 5. The maximum atomic E-state index is 5.52. The Hall–Kier alpha value is -1.62. The minimum Gasteiger partial charge on any atom is -0.486 e. The molecular formula is C12H11NO3S. The van der Waals surface area contributed by atoms with Crippen molar-refractivity contribution in [3.05, 3.63) is 30.0 Å². The van der Waals surface area contributed by atoms with Gasteiger partial charge in [0.15, 0.2) is 17.3 Å². The third-order valence-corrected chi connectivity index (χ3v) is 2.87. The highest BCUT2D eigenvalue weighted by molar-refractivity contribution is 7.79. The van der Waals surface area contributed by atoms with E-state index in [1.165, 1.54) is 0 Å². The first-order valence-corrected chi connectivity index (χ1v) is 5.96. The van der Waals surface area contributed by atoms with E-state index in [9.17, 15) is 0 Å². The zero-order valence-corrected chi connectivity index (χ0v) is 9.94. The van der Waals surface area contributed by atoms with E-state index in [2.05, 4.69) is 17.8 Å². The van der Waals surface area contributed by atoms with Crippen molar-refractivity contribution in [2.45, 2.75) is 5.75 Å². The van der Waals surface area contributed by atoms with Gasteiger partial charge in [0.25, 0.3) is 0 Å². The molecule has 4 nitrogen and oxygen atoms in total. The van der Waals surface area contributed by atoms with Gasteiger partial charge in [-0.1, -0.05) is 5.16 Å². The lowest BCUT2D eigenvalue weighted by atomic mass is 10.1. The second-order valence-corrected chi connectivity index (χ2v) is 4.02. The SMILES string of the molecule is SCc1cc(-c2ccc3c(c2)OCCO3)on1. The van der Waals surface area contributed by atoms with Crippen LogP contribution in [0.15, 0.2) is 28.8 Å². The molecule has 0 bridgehead atoms. The molecule has 0 spiro atoms. The van der Waals surface area contributed by atoms with Gasteiger partial charge in [0.05, 0.1) is 5.69 Å². The Morgan fingerprint density at radius 1 is 1.12 bits per heavy atom. The molecule has 0 radical (unpaired) electrons. The van der Waals surface area contributed by atoms with Gasteiger partial charge in [0.1, 0.15) is 13.2 Å². The molecule has 2 aromatic rings. The summed E-state index contributed by atoms with van der Waals surface area (Å²) in [7, 11) is 0. The molecule has 5 heteroatoms. The van der Waals surface area contributed by atoms with E-state index < -0.39 is 0 Å². The van der Waals surface area contributed by atoms with Gasteiger partial charge in [-0.05, 0) is 18.2 Å². The molecule has 0 aliphatic carbocycles. The second kappa shape index (κ2) is 4.33. The summed E-state index contributed by atoms with van der Waals surface area (Å²) in [6.45, 7) is 1.17. The summed E-state index contributed by atoms with van der Waals surface area (Å²) in [6, 6.07) is 7.58. The Bertz CT molecular complexity index is 538. The van der Waals surface area contributed by atoms with Crippen LogP contribution in [0.2, 0.25) is 0 Å². The van der Waals surface area contributed by atoms with Gasteiger partial charge in [-0.15, -0.1) is 0 Å². The summed E-state index contributed by atoms with van der Waals surface area (Å²) in [4.78, 5) is 0. The van der Waals surface area contributed by atoms with E-state index in [0.29, 0.717) is 24.7 Å². The van der Waals surface area contributed by atoms with Crippen LogP contribution < -0.4 is 9.47 Å². The molecule has 0 amide bonds. The Kier molecular flexibility index (Phi) is 2.68. The van der Waals surface area contributed by atoms with Crippen molar-refractivity contribution in [1.29, 1.82) is 0 Å². The largest absolute Gasteiger partial charge is 0.486 e. The zero-order chi connectivity index (χ0) is 11.7. The van der Waals surface area contributed by atoms with Gasteiger partial charge in [-0.2, -0.15) is 12.6 Å². The van der Waals surface area contributed by atoms with Crippen molar-refractivity contribution in [3.63, 3.8) is 0 Å². The van der Waals surface area contributed by atoms with E-state index in [0.717, 1.165) is 22.8 Å². The number of benzene rings is 1. The van der Waals surface area contributed by atoms with Gasteiger partial charge in [0, 0.05) is 17.4 Å². The minimum absolute atomic E-state index is 0.564. The summed E-state index contributed by atoms with van der Waals surface area (Å²) in [6.07, 6.45) is 0. The zero-order valence-electron chi connectivity index (χ0n) is 9.05. The molecule has 88 valence electrons. The van der Waals surface area contributed by atoms with Gasteiger partial charge in [-0.25, -0.2) is 0 Å². The van der Waals surface area contributed by atoms with E-state index in [-0.39, 0.29) is 0 Å². The summed E-state index contributed by atoms with van der Waals surface area (Å²) < 4.78 is 16.2. The Morgan fingerprint density at radius 3 is 2.71 bits per heavy atom. The molecule has 0 unspecified atom stereocenters. The Balaban J connectivity index is 1.97. The van der Waals surface area contributed by atoms with Crippen LogP contribution in [0.3, 0.4) is 0 Å². The van der Waals surface area contributed by atoms with Crippen molar-refractivity contribution in [3.8, 4) is 22.8 Å². The van der Waals surface area contributed by atoms with Gasteiger partial charge in [0.2, 0.25) is 0 Å². The smallest absolute Gasteiger partial charge is 0.167 e. The summed E-state index contributed by atoms with van der Waals surface area (Å²) >= 11 is 4.15. The van der Waals surface area contributed by atoms with E-state index in [1.807, 2.05) is 24.3 Å². The first kappa shape index (κ1) is 10.5. The lowest BCUT2D eigenvalue weighted by molar-refractivity contribution is 0.171. The Labute approximate surface area is 104 Å². The minimum atomic E-state index is 0.564. The fourth-order valence-corrected chi connectivity index (χ4v) is 1.87. The van der Waals surface area contributed by atoms with Crippen LogP contribution in [0, 0.1) is 0 Å². The molecule has 0 fully saturated rings. The molecular weight excluding hydrogens is 238 g/mol. The van der Waals surface area contributed by atoms with Crippen LogP contribution in [-0.4, -0.2) is 18.4 Å². The summed E-state index contributed by atoms with van der Waals surface area (Å²) in [5, 5.41) is 3.90.